The SMILES string of the molecule is Cc1csc(Sc2c(Cl)cccc2CNCC(C)C)n1. The summed E-state index contributed by atoms with van der Waals surface area (Å²) >= 11 is 9.68. The number of nitrogens with one attached hydrogen (secondary N) is 1. The lowest BCUT2D eigenvalue weighted by atomic mass is 10.2. The molecule has 0 aliphatic carbocycles. The van der Waals surface area contributed by atoms with Crippen LogP contribution in [-0.2, 0) is 6.54 Å². The van der Waals surface area contributed by atoms with Gasteiger partial charge in [0.15, 0.2) is 4.34 Å². The van der Waals surface area contributed by atoms with E-state index in [4.69, 9.17) is 11.6 Å². The first kappa shape index (κ1) is 15.8. The molecule has 0 amide bonds. The van der Waals surface area contributed by atoms with Gasteiger partial charge in [-0.05, 0) is 31.0 Å². The number of aromatic nitrogens is 1. The first-order valence-corrected chi connectivity index (χ1v) is 8.71. The third-order valence-corrected chi connectivity index (χ3v) is 5.37. The van der Waals surface area contributed by atoms with Crippen LogP contribution in [-0.4, -0.2) is 11.5 Å². The Labute approximate surface area is 134 Å². The monoisotopic (exact) mass is 326 g/mol. The molecule has 0 saturated heterocycles. The molecule has 0 atom stereocenters. The number of thiazole rings is 1. The smallest absolute Gasteiger partial charge is 0.154 e. The zero-order valence-electron chi connectivity index (χ0n) is 11.9. The summed E-state index contributed by atoms with van der Waals surface area (Å²) in [5, 5.41) is 6.33. The highest BCUT2D eigenvalue weighted by atomic mass is 35.5. The van der Waals surface area contributed by atoms with Crippen molar-refractivity contribution in [3.8, 4) is 0 Å². The molecule has 2 rings (SSSR count). The summed E-state index contributed by atoms with van der Waals surface area (Å²) in [6.45, 7) is 8.27. The molecule has 2 aromatic rings. The number of hydrogen-bond donors (Lipinski definition) is 1. The summed E-state index contributed by atoms with van der Waals surface area (Å²) < 4.78 is 1.04. The van der Waals surface area contributed by atoms with Gasteiger partial charge in [0.2, 0.25) is 0 Å². The van der Waals surface area contributed by atoms with Gasteiger partial charge in [-0.15, -0.1) is 11.3 Å². The molecule has 20 heavy (non-hydrogen) atoms. The summed E-state index contributed by atoms with van der Waals surface area (Å²) in [5.74, 6) is 0.645. The lowest BCUT2D eigenvalue weighted by molar-refractivity contribution is 0.550. The highest BCUT2D eigenvalue weighted by Gasteiger charge is 2.11. The largest absolute Gasteiger partial charge is 0.312 e. The molecule has 0 aliphatic rings. The van der Waals surface area contributed by atoms with Gasteiger partial charge >= 0.3 is 0 Å². The fraction of sp³-hybridized carbons (Fsp3) is 0.400. The van der Waals surface area contributed by atoms with E-state index < -0.39 is 0 Å². The van der Waals surface area contributed by atoms with Gasteiger partial charge in [0.05, 0.1) is 5.02 Å². The van der Waals surface area contributed by atoms with E-state index in [-0.39, 0.29) is 0 Å². The van der Waals surface area contributed by atoms with Gasteiger partial charge in [0.25, 0.3) is 0 Å². The van der Waals surface area contributed by atoms with Crippen molar-refractivity contribution in [3.63, 3.8) is 0 Å². The Bertz CT molecular complexity index is 567. The van der Waals surface area contributed by atoms with E-state index in [1.807, 2.05) is 19.1 Å². The summed E-state index contributed by atoms with van der Waals surface area (Å²) in [6, 6.07) is 6.07. The average Bonchev–Trinajstić information content (AvgIpc) is 2.78. The number of hydrogen-bond acceptors (Lipinski definition) is 4. The summed E-state index contributed by atoms with van der Waals surface area (Å²) in [7, 11) is 0. The molecule has 1 heterocycles. The third-order valence-electron chi connectivity index (χ3n) is 2.70. The minimum atomic E-state index is 0.645. The van der Waals surface area contributed by atoms with Crippen molar-refractivity contribution in [1.82, 2.24) is 10.3 Å². The predicted octanol–water partition coefficient (Wildman–Crippen LogP) is 5.00. The van der Waals surface area contributed by atoms with Gasteiger partial charge in [-0.2, -0.15) is 0 Å². The average molecular weight is 327 g/mol. The quantitative estimate of drug-likeness (QED) is 0.808. The van der Waals surface area contributed by atoms with Gasteiger partial charge < -0.3 is 5.32 Å². The van der Waals surface area contributed by atoms with E-state index in [1.54, 1.807) is 23.1 Å². The molecule has 5 heteroatoms. The maximum absolute atomic E-state index is 6.36. The molecule has 108 valence electrons. The van der Waals surface area contributed by atoms with Crippen LogP contribution in [0.4, 0.5) is 0 Å². The van der Waals surface area contributed by atoms with Crippen molar-refractivity contribution in [3.05, 3.63) is 39.9 Å². The Balaban J connectivity index is 2.13. The van der Waals surface area contributed by atoms with Crippen LogP contribution in [0.2, 0.25) is 5.02 Å². The van der Waals surface area contributed by atoms with Gasteiger partial charge in [-0.3, -0.25) is 0 Å². The van der Waals surface area contributed by atoms with E-state index in [0.29, 0.717) is 5.92 Å². The summed E-state index contributed by atoms with van der Waals surface area (Å²) in [6.07, 6.45) is 0. The van der Waals surface area contributed by atoms with Crippen molar-refractivity contribution in [2.45, 2.75) is 36.6 Å². The Morgan fingerprint density at radius 1 is 1.40 bits per heavy atom. The van der Waals surface area contributed by atoms with Crippen LogP contribution in [0.5, 0.6) is 0 Å². The first-order chi connectivity index (χ1) is 9.56. The fourth-order valence-electron chi connectivity index (χ4n) is 1.77. The van der Waals surface area contributed by atoms with Crippen LogP contribution >= 0.6 is 34.7 Å². The second-order valence-electron chi connectivity index (χ2n) is 5.11. The molecular weight excluding hydrogens is 308 g/mol. The molecule has 0 spiro atoms. The molecule has 1 N–H and O–H groups in total. The van der Waals surface area contributed by atoms with Gasteiger partial charge in [0.1, 0.15) is 0 Å². The molecular formula is C15H19ClN2S2. The predicted molar refractivity (Wildman–Crippen MR) is 89.0 cm³/mol. The number of aryl methyl sites for hydroxylation is 1. The van der Waals surface area contributed by atoms with E-state index in [9.17, 15) is 0 Å². The summed E-state index contributed by atoms with van der Waals surface area (Å²) in [5.41, 5.74) is 2.29. The fourth-order valence-corrected chi connectivity index (χ4v) is 3.99. The molecule has 2 nitrogen and oxygen atoms in total. The Morgan fingerprint density at radius 2 is 2.20 bits per heavy atom. The van der Waals surface area contributed by atoms with Crippen molar-refractivity contribution in [1.29, 1.82) is 0 Å². The zero-order chi connectivity index (χ0) is 14.5. The molecule has 0 saturated carbocycles. The number of nitrogens with zero attached hydrogens (tertiary/aromatic N) is 1. The van der Waals surface area contributed by atoms with Crippen molar-refractivity contribution >= 4 is 34.7 Å². The van der Waals surface area contributed by atoms with Crippen LogP contribution in [0.15, 0.2) is 32.8 Å². The first-order valence-electron chi connectivity index (χ1n) is 6.64. The van der Waals surface area contributed by atoms with Crippen LogP contribution in [0.25, 0.3) is 0 Å². The second kappa shape index (κ2) is 7.46. The molecule has 0 unspecified atom stereocenters. The Hall–Kier alpha value is -0.550. The molecule has 0 fully saturated rings. The molecule has 0 radical (unpaired) electrons. The maximum atomic E-state index is 6.36. The molecule has 0 bridgehead atoms. The second-order valence-corrected chi connectivity index (χ2v) is 7.63. The van der Waals surface area contributed by atoms with E-state index >= 15 is 0 Å². The van der Waals surface area contributed by atoms with Gasteiger partial charge in [0, 0.05) is 22.5 Å². The van der Waals surface area contributed by atoms with Gasteiger partial charge in [-0.1, -0.05) is 49.3 Å². The summed E-state index contributed by atoms with van der Waals surface area (Å²) in [4.78, 5) is 5.61. The highest BCUT2D eigenvalue weighted by Crippen LogP contribution is 2.37. The van der Waals surface area contributed by atoms with Crippen LogP contribution in [0, 0.1) is 12.8 Å². The molecule has 1 aromatic carbocycles. The van der Waals surface area contributed by atoms with Crippen molar-refractivity contribution in [2.24, 2.45) is 5.92 Å². The maximum Gasteiger partial charge on any atom is 0.154 e. The molecule has 1 aromatic heterocycles. The minimum absolute atomic E-state index is 0.645. The lowest BCUT2D eigenvalue weighted by Gasteiger charge is -2.12. The molecule has 0 aliphatic heterocycles. The topological polar surface area (TPSA) is 24.9 Å². The van der Waals surface area contributed by atoms with Crippen LogP contribution in [0.1, 0.15) is 25.1 Å². The van der Waals surface area contributed by atoms with E-state index in [0.717, 1.165) is 33.0 Å². The zero-order valence-corrected chi connectivity index (χ0v) is 14.3. The van der Waals surface area contributed by atoms with E-state index in [2.05, 4.69) is 35.6 Å². The van der Waals surface area contributed by atoms with Gasteiger partial charge in [-0.25, -0.2) is 4.98 Å². The van der Waals surface area contributed by atoms with Crippen molar-refractivity contribution in [2.75, 3.05) is 6.54 Å². The number of benzene rings is 1. The minimum Gasteiger partial charge on any atom is -0.312 e. The lowest BCUT2D eigenvalue weighted by Crippen LogP contribution is -2.19. The number of rotatable bonds is 6. The Morgan fingerprint density at radius 3 is 2.85 bits per heavy atom. The Kier molecular flexibility index (Phi) is 5.90. The van der Waals surface area contributed by atoms with Crippen LogP contribution in [0.3, 0.4) is 0 Å². The number of halogens is 1. The normalized spacial score (nSPS) is 11.2. The van der Waals surface area contributed by atoms with Crippen LogP contribution < -0.4 is 5.32 Å². The third kappa shape index (κ3) is 4.48. The van der Waals surface area contributed by atoms with Crippen molar-refractivity contribution < 1.29 is 0 Å². The standard InChI is InChI=1S/C15H19ClN2S2/c1-10(2)7-17-8-12-5-4-6-13(16)14(12)20-15-18-11(3)9-19-15/h4-6,9-10,17H,7-8H2,1-3H3. The highest BCUT2D eigenvalue weighted by molar-refractivity contribution is 8.01. The van der Waals surface area contributed by atoms with E-state index in [1.165, 1.54) is 5.56 Å².